The number of esters is 1. The van der Waals surface area contributed by atoms with Crippen LogP contribution in [0, 0.1) is 6.92 Å². The maximum Gasteiger partial charge on any atom is 0.316 e. The summed E-state index contributed by atoms with van der Waals surface area (Å²) in [5, 5.41) is 1.00. The molecule has 0 saturated heterocycles. The molecule has 4 aromatic rings. The summed E-state index contributed by atoms with van der Waals surface area (Å²) in [4.78, 5) is 16.5. The molecule has 4 nitrogen and oxygen atoms in total. The molecule has 2 heterocycles. The number of carbonyl (C=O) groups excluding carboxylic acids is 1. The Balaban J connectivity index is 1.40. The van der Waals surface area contributed by atoms with Crippen LogP contribution in [0.15, 0.2) is 71.1 Å². The molecule has 29 heavy (non-hydrogen) atoms. The van der Waals surface area contributed by atoms with Crippen molar-refractivity contribution in [2.24, 2.45) is 0 Å². The minimum absolute atomic E-state index is 0.134. The first-order valence-electron chi connectivity index (χ1n) is 9.76. The monoisotopic (exact) mass is 383 g/mol. The van der Waals surface area contributed by atoms with Crippen molar-refractivity contribution in [2.75, 3.05) is 7.11 Å². The van der Waals surface area contributed by atoms with Gasteiger partial charge in [0.2, 0.25) is 5.71 Å². The summed E-state index contributed by atoms with van der Waals surface area (Å²) < 4.78 is 10.9. The molecule has 0 bridgehead atoms. The molecule has 2 aromatic carbocycles. The minimum atomic E-state index is -0.426. The van der Waals surface area contributed by atoms with Crippen molar-refractivity contribution in [1.29, 1.82) is 0 Å². The molecule has 5 rings (SSSR count). The molecule has 1 saturated carbocycles. The lowest BCUT2D eigenvalue weighted by Crippen LogP contribution is -2.21. The zero-order chi connectivity index (χ0) is 20.0. The van der Waals surface area contributed by atoms with E-state index in [1.807, 2.05) is 37.3 Å². The number of carbonyl (C=O) groups is 1. The van der Waals surface area contributed by atoms with E-state index in [1.54, 1.807) is 0 Å². The number of hydrogen-bond donors (Lipinski definition) is 0. The van der Waals surface area contributed by atoms with Crippen LogP contribution in [0.4, 0.5) is 0 Å². The molecule has 0 radical (unpaired) electrons. The number of hydrogen-bond acceptors (Lipinski definition) is 4. The van der Waals surface area contributed by atoms with Crippen molar-refractivity contribution in [3.05, 3.63) is 78.0 Å². The van der Waals surface area contributed by atoms with Crippen LogP contribution in [0.25, 0.3) is 33.6 Å². The first-order valence-corrected chi connectivity index (χ1v) is 9.76. The lowest BCUT2D eigenvalue weighted by atomic mass is 9.93. The van der Waals surface area contributed by atoms with E-state index >= 15 is 0 Å². The summed E-state index contributed by atoms with van der Waals surface area (Å²) in [5.41, 5.74) is 5.47. The second-order valence-corrected chi connectivity index (χ2v) is 7.69. The van der Waals surface area contributed by atoms with E-state index in [2.05, 4.69) is 41.4 Å². The fourth-order valence-corrected chi connectivity index (χ4v) is 3.89. The highest BCUT2D eigenvalue weighted by atomic mass is 16.5. The Morgan fingerprint density at radius 1 is 0.931 bits per heavy atom. The van der Waals surface area contributed by atoms with Gasteiger partial charge in [-0.25, -0.2) is 4.98 Å². The van der Waals surface area contributed by atoms with Crippen LogP contribution in [0.3, 0.4) is 0 Å². The van der Waals surface area contributed by atoms with Gasteiger partial charge in [-0.15, -0.1) is 0 Å². The molecule has 1 aliphatic rings. The largest absolute Gasteiger partial charge is 0.468 e. The Labute approximate surface area is 169 Å². The third-order valence-electron chi connectivity index (χ3n) is 5.79. The molecule has 1 fully saturated rings. The number of fused-ring (bicyclic) bond motifs is 1. The molecule has 144 valence electrons. The highest BCUT2D eigenvalue weighted by molar-refractivity contribution is 5.87. The first-order chi connectivity index (χ1) is 14.1. The Bertz CT molecular complexity index is 1200. The van der Waals surface area contributed by atoms with Crippen LogP contribution in [0.2, 0.25) is 0 Å². The van der Waals surface area contributed by atoms with Gasteiger partial charge >= 0.3 is 5.97 Å². The fourth-order valence-electron chi connectivity index (χ4n) is 3.89. The number of aryl methyl sites for hydroxylation is 1. The van der Waals surface area contributed by atoms with E-state index in [0.29, 0.717) is 5.71 Å². The molecule has 0 N–H and O–H groups in total. The molecular weight excluding hydrogens is 362 g/mol. The number of furan rings is 1. The predicted octanol–water partition coefficient (Wildman–Crippen LogP) is 5.67. The smallest absolute Gasteiger partial charge is 0.316 e. The highest BCUT2D eigenvalue weighted by Gasteiger charge is 2.52. The number of aromatic nitrogens is 1. The van der Waals surface area contributed by atoms with E-state index < -0.39 is 5.41 Å². The molecule has 0 spiro atoms. The number of pyridine rings is 1. The average molecular weight is 383 g/mol. The predicted molar refractivity (Wildman–Crippen MR) is 113 cm³/mol. The number of nitrogens with zero attached hydrogens (tertiary/aromatic N) is 1. The summed E-state index contributed by atoms with van der Waals surface area (Å²) in [7, 11) is 1.46. The van der Waals surface area contributed by atoms with Gasteiger partial charge in [0.25, 0.3) is 0 Å². The van der Waals surface area contributed by atoms with Crippen molar-refractivity contribution < 1.29 is 13.9 Å². The Hall–Kier alpha value is -3.40. The quantitative estimate of drug-likeness (QED) is 0.426. The first kappa shape index (κ1) is 17.7. The molecule has 2 aromatic heterocycles. The second-order valence-electron chi connectivity index (χ2n) is 7.69. The van der Waals surface area contributed by atoms with Crippen molar-refractivity contribution in [2.45, 2.75) is 25.2 Å². The zero-order valence-corrected chi connectivity index (χ0v) is 16.4. The van der Waals surface area contributed by atoms with E-state index in [4.69, 9.17) is 9.15 Å². The van der Waals surface area contributed by atoms with Gasteiger partial charge in [-0.3, -0.25) is 4.79 Å². The summed E-state index contributed by atoms with van der Waals surface area (Å²) in [5.74, 6) is 0.680. The maximum absolute atomic E-state index is 12.1. The van der Waals surface area contributed by atoms with E-state index in [-0.39, 0.29) is 5.97 Å². The van der Waals surface area contributed by atoms with Crippen LogP contribution in [0.5, 0.6) is 0 Å². The van der Waals surface area contributed by atoms with Crippen LogP contribution >= 0.6 is 0 Å². The molecule has 0 amide bonds. The van der Waals surface area contributed by atoms with Crippen LogP contribution in [-0.4, -0.2) is 18.1 Å². The topological polar surface area (TPSA) is 52.3 Å². The van der Waals surface area contributed by atoms with E-state index in [0.717, 1.165) is 51.9 Å². The second kappa shape index (κ2) is 6.59. The Morgan fingerprint density at radius 2 is 1.55 bits per heavy atom. The lowest BCUT2D eigenvalue weighted by molar-refractivity contribution is -0.143. The van der Waals surface area contributed by atoms with Crippen LogP contribution in [-0.2, 0) is 14.9 Å². The Morgan fingerprint density at radius 3 is 2.17 bits per heavy atom. The number of ether oxygens (including phenoxy) is 1. The van der Waals surface area contributed by atoms with E-state index in [1.165, 1.54) is 7.11 Å². The lowest BCUT2D eigenvalue weighted by Gasteiger charge is -2.13. The third-order valence-corrected chi connectivity index (χ3v) is 5.79. The Kier molecular flexibility index (Phi) is 4.02. The summed E-state index contributed by atoms with van der Waals surface area (Å²) >= 11 is 0. The molecule has 0 aliphatic heterocycles. The molecular formula is C25H21NO3. The summed E-state index contributed by atoms with van der Waals surface area (Å²) in [6.45, 7) is 1.96. The summed E-state index contributed by atoms with van der Waals surface area (Å²) in [6, 6.07) is 22.6. The van der Waals surface area contributed by atoms with Gasteiger partial charge in [-0.2, -0.15) is 0 Å². The van der Waals surface area contributed by atoms with Gasteiger partial charge in [-0.05, 0) is 54.7 Å². The number of benzene rings is 2. The van der Waals surface area contributed by atoms with Gasteiger partial charge in [0.05, 0.1) is 12.5 Å². The van der Waals surface area contributed by atoms with Crippen molar-refractivity contribution in [1.82, 2.24) is 4.98 Å². The zero-order valence-electron chi connectivity index (χ0n) is 16.4. The molecule has 0 unspecified atom stereocenters. The fraction of sp³-hybridized carbons (Fsp3) is 0.200. The summed E-state index contributed by atoms with van der Waals surface area (Å²) in [6.07, 6.45) is 1.72. The maximum atomic E-state index is 12.1. The van der Waals surface area contributed by atoms with Gasteiger partial charge in [0.1, 0.15) is 5.76 Å². The molecule has 0 atom stereocenters. The average Bonchev–Trinajstić information content (AvgIpc) is 3.47. The standard InChI is InChI=1S/C25H21NO3/c1-16-3-4-20-15-22(29-23(20)26-16)19-7-5-17(6-8-19)18-9-11-21(12-10-18)25(13-14-25)24(27)28-2/h3-12,15H,13-14H2,1-2H3. The van der Waals surface area contributed by atoms with Crippen molar-refractivity contribution >= 4 is 17.1 Å². The van der Waals surface area contributed by atoms with Gasteiger partial charge < -0.3 is 9.15 Å². The van der Waals surface area contributed by atoms with Crippen molar-refractivity contribution in [3.63, 3.8) is 0 Å². The number of methoxy groups -OCH3 is 1. The minimum Gasteiger partial charge on any atom is -0.468 e. The third kappa shape index (κ3) is 3.01. The van der Waals surface area contributed by atoms with Gasteiger partial charge in [0, 0.05) is 16.6 Å². The number of rotatable bonds is 4. The van der Waals surface area contributed by atoms with Crippen LogP contribution in [0.1, 0.15) is 24.1 Å². The van der Waals surface area contributed by atoms with Crippen molar-refractivity contribution in [3.8, 4) is 22.5 Å². The van der Waals surface area contributed by atoms with Gasteiger partial charge in [0.15, 0.2) is 0 Å². The highest BCUT2D eigenvalue weighted by Crippen LogP contribution is 2.49. The van der Waals surface area contributed by atoms with Crippen LogP contribution < -0.4 is 0 Å². The van der Waals surface area contributed by atoms with Gasteiger partial charge in [-0.1, -0.05) is 48.5 Å². The molecule has 1 aliphatic carbocycles. The molecule has 4 heteroatoms. The van der Waals surface area contributed by atoms with E-state index in [9.17, 15) is 4.79 Å². The normalized spacial score (nSPS) is 14.7. The SMILES string of the molecule is COC(=O)C1(c2ccc(-c3ccc(-c4cc5ccc(C)nc5o4)cc3)cc2)CC1.